The molecule has 0 spiro atoms. The highest BCUT2D eigenvalue weighted by molar-refractivity contribution is 6.29. The van der Waals surface area contributed by atoms with Gasteiger partial charge in [0.15, 0.2) is 0 Å². The fourth-order valence-electron chi connectivity index (χ4n) is 1.16. The maximum atomic E-state index is 13.0. The van der Waals surface area contributed by atoms with Crippen LogP contribution in [0, 0.1) is 5.82 Å². The molecule has 0 heterocycles. The van der Waals surface area contributed by atoms with E-state index in [0.29, 0.717) is 16.3 Å². The first-order valence-corrected chi connectivity index (χ1v) is 4.89. The summed E-state index contributed by atoms with van der Waals surface area (Å²) in [6, 6.07) is 3.92. The lowest BCUT2D eigenvalue weighted by Gasteiger charge is -2.13. The molecule has 1 atom stereocenters. The highest BCUT2D eigenvalue weighted by Crippen LogP contribution is 2.25. The number of hydrogen-bond acceptors (Lipinski definition) is 2. The third kappa shape index (κ3) is 3.53. The Hall–Kier alpha value is -1.06. The number of hydrogen-bond donors (Lipinski definition) is 1. The summed E-state index contributed by atoms with van der Waals surface area (Å²) in [5, 5.41) is 0.384. The Kier molecular flexibility index (Phi) is 4.12. The second-order valence-corrected chi connectivity index (χ2v) is 3.81. The van der Waals surface area contributed by atoms with Gasteiger partial charge in [-0.2, -0.15) is 0 Å². The van der Waals surface area contributed by atoms with E-state index in [9.17, 15) is 4.39 Å². The van der Waals surface area contributed by atoms with E-state index in [4.69, 9.17) is 22.1 Å². The fourth-order valence-corrected chi connectivity index (χ4v) is 1.22. The highest BCUT2D eigenvalue weighted by atomic mass is 35.5. The Balaban J connectivity index is 2.90. The summed E-state index contributed by atoms with van der Waals surface area (Å²) in [6.45, 7) is 5.45. The fraction of sp³-hybridized carbons (Fsp3) is 0.273. The van der Waals surface area contributed by atoms with Crippen LogP contribution in [0.3, 0.4) is 0 Å². The van der Waals surface area contributed by atoms with Gasteiger partial charge in [-0.1, -0.05) is 18.2 Å². The number of ether oxygens (including phenoxy) is 1. The Bertz CT molecular complexity index is 366. The van der Waals surface area contributed by atoms with Gasteiger partial charge < -0.3 is 10.5 Å². The van der Waals surface area contributed by atoms with E-state index < -0.39 is 0 Å². The number of nitrogens with two attached hydrogens (primary N) is 1. The summed E-state index contributed by atoms with van der Waals surface area (Å²) in [5.74, 6) is 0.201. The van der Waals surface area contributed by atoms with Gasteiger partial charge in [0.05, 0.1) is 0 Å². The molecule has 82 valence electrons. The van der Waals surface area contributed by atoms with Gasteiger partial charge in [-0.15, -0.1) is 0 Å². The predicted molar refractivity (Wildman–Crippen MR) is 59.5 cm³/mol. The maximum absolute atomic E-state index is 13.0. The lowest BCUT2D eigenvalue weighted by atomic mass is 10.1. The molecular weight excluding hydrogens is 217 g/mol. The minimum atomic E-state index is -0.334. The Morgan fingerprint density at radius 2 is 2.33 bits per heavy atom. The summed E-state index contributed by atoms with van der Waals surface area (Å²) < 4.78 is 18.3. The molecule has 0 saturated heterocycles. The summed E-state index contributed by atoms with van der Waals surface area (Å²) in [4.78, 5) is 0. The van der Waals surface area contributed by atoms with Gasteiger partial charge in [0.25, 0.3) is 0 Å². The van der Waals surface area contributed by atoms with Crippen LogP contribution in [0.4, 0.5) is 4.39 Å². The minimum absolute atomic E-state index is 0.187. The summed E-state index contributed by atoms with van der Waals surface area (Å²) in [6.07, 6.45) is 0. The smallest absolute Gasteiger partial charge is 0.124 e. The van der Waals surface area contributed by atoms with Crippen molar-refractivity contribution in [3.63, 3.8) is 0 Å². The van der Waals surface area contributed by atoms with E-state index in [0.717, 1.165) is 0 Å². The molecule has 15 heavy (non-hydrogen) atoms. The van der Waals surface area contributed by atoms with Crippen molar-refractivity contribution < 1.29 is 9.13 Å². The van der Waals surface area contributed by atoms with E-state index in [1.165, 1.54) is 18.2 Å². The minimum Gasteiger partial charge on any atom is -0.488 e. The molecule has 2 nitrogen and oxygen atoms in total. The molecule has 1 aromatic rings. The first-order chi connectivity index (χ1) is 7.00. The average molecular weight is 230 g/mol. The third-order valence-electron chi connectivity index (χ3n) is 1.85. The first-order valence-electron chi connectivity index (χ1n) is 4.52. The van der Waals surface area contributed by atoms with Crippen molar-refractivity contribution in [2.24, 2.45) is 5.73 Å². The first kappa shape index (κ1) is 12.0. The summed E-state index contributed by atoms with van der Waals surface area (Å²) >= 11 is 5.57. The van der Waals surface area contributed by atoms with Crippen LogP contribution in [0.2, 0.25) is 0 Å². The van der Waals surface area contributed by atoms with Gasteiger partial charge in [-0.05, 0) is 25.1 Å². The SMILES string of the molecule is C=C(Cl)COc1ccc(F)cc1C(C)N. The number of rotatable bonds is 4. The van der Waals surface area contributed by atoms with Crippen molar-refractivity contribution in [2.75, 3.05) is 6.61 Å². The normalized spacial score (nSPS) is 12.3. The van der Waals surface area contributed by atoms with Crippen LogP contribution in [0.25, 0.3) is 0 Å². The van der Waals surface area contributed by atoms with Crippen LogP contribution in [0.15, 0.2) is 29.8 Å². The van der Waals surface area contributed by atoms with Gasteiger partial charge in [0, 0.05) is 16.6 Å². The molecule has 0 radical (unpaired) electrons. The molecule has 1 rings (SSSR count). The van der Waals surface area contributed by atoms with Crippen molar-refractivity contribution in [2.45, 2.75) is 13.0 Å². The van der Waals surface area contributed by atoms with Gasteiger partial charge in [-0.3, -0.25) is 0 Å². The van der Waals surface area contributed by atoms with Crippen molar-refractivity contribution >= 4 is 11.6 Å². The molecule has 1 unspecified atom stereocenters. The molecule has 0 aliphatic rings. The van der Waals surface area contributed by atoms with Crippen molar-refractivity contribution in [3.05, 3.63) is 41.2 Å². The molecule has 0 saturated carbocycles. The largest absolute Gasteiger partial charge is 0.488 e. The zero-order valence-electron chi connectivity index (χ0n) is 8.47. The van der Waals surface area contributed by atoms with Crippen LogP contribution in [0.1, 0.15) is 18.5 Å². The van der Waals surface area contributed by atoms with Gasteiger partial charge >= 0.3 is 0 Å². The van der Waals surface area contributed by atoms with Crippen LogP contribution in [-0.2, 0) is 0 Å². The lowest BCUT2D eigenvalue weighted by molar-refractivity contribution is 0.352. The van der Waals surface area contributed by atoms with E-state index in [1.807, 2.05) is 0 Å². The standard InChI is InChI=1S/C11H13ClFNO/c1-7(12)6-15-11-4-3-9(13)5-10(11)8(2)14/h3-5,8H,1,6,14H2,2H3. The van der Waals surface area contributed by atoms with Crippen molar-refractivity contribution in [1.82, 2.24) is 0 Å². The Labute approximate surface area is 93.5 Å². The zero-order valence-corrected chi connectivity index (χ0v) is 9.22. The highest BCUT2D eigenvalue weighted by Gasteiger charge is 2.09. The van der Waals surface area contributed by atoms with Crippen molar-refractivity contribution in [3.8, 4) is 5.75 Å². The summed E-state index contributed by atoms with van der Waals surface area (Å²) in [5.41, 5.74) is 6.31. The molecule has 4 heteroatoms. The Morgan fingerprint density at radius 3 is 2.87 bits per heavy atom. The maximum Gasteiger partial charge on any atom is 0.124 e. The number of benzene rings is 1. The van der Waals surface area contributed by atoms with Gasteiger partial charge in [0.2, 0.25) is 0 Å². The van der Waals surface area contributed by atoms with Crippen molar-refractivity contribution in [1.29, 1.82) is 0 Å². The molecule has 1 aromatic carbocycles. The van der Waals surface area contributed by atoms with Gasteiger partial charge in [0.1, 0.15) is 18.2 Å². The van der Waals surface area contributed by atoms with Crippen LogP contribution in [-0.4, -0.2) is 6.61 Å². The van der Waals surface area contributed by atoms with Crippen LogP contribution < -0.4 is 10.5 Å². The molecule has 0 aromatic heterocycles. The van der Waals surface area contributed by atoms with Crippen LogP contribution >= 0.6 is 11.6 Å². The molecule has 0 bridgehead atoms. The molecule has 0 aliphatic heterocycles. The van der Waals surface area contributed by atoms with Crippen LogP contribution in [0.5, 0.6) is 5.75 Å². The summed E-state index contributed by atoms with van der Waals surface area (Å²) in [7, 11) is 0. The quantitative estimate of drug-likeness (QED) is 0.862. The average Bonchev–Trinajstić information content (AvgIpc) is 2.15. The molecular formula is C11H13ClFNO. The number of halogens is 2. The molecule has 0 aliphatic carbocycles. The van der Waals surface area contributed by atoms with E-state index >= 15 is 0 Å². The second kappa shape index (κ2) is 5.14. The predicted octanol–water partition coefficient (Wildman–Crippen LogP) is 2.98. The molecule has 0 fully saturated rings. The lowest BCUT2D eigenvalue weighted by Crippen LogP contribution is -2.09. The van der Waals surface area contributed by atoms with E-state index in [-0.39, 0.29) is 18.5 Å². The topological polar surface area (TPSA) is 35.2 Å². The van der Waals surface area contributed by atoms with E-state index in [1.54, 1.807) is 6.92 Å². The second-order valence-electron chi connectivity index (χ2n) is 3.28. The molecule has 0 amide bonds. The molecule has 2 N–H and O–H groups in total. The monoisotopic (exact) mass is 229 g/mol. The zero-order chi connectivity index (χ0) is 11.4. The van der Waals surface area contributed by atoms with Gasteiger partial charge in [-0.25, -0.2) is 4.39 Å². The third-order valence-corrected chi connectivity index (χ3v) is 1.96. The van der Waals surface area contributed by atoms with E-state index in [2.05, 4.69) is 6.58 Å². The Morgan fingerprint density at radius 1 is 1.67 bits per heavy atom.